The average Bonchev–Trinajstić information content (AvgIpc) is 2.29. The topological polar surface area (TPSA) is 55.4 Å². The highest BCUT2D eigenvalue weighted by Gasteiger charge is 2.11. The molecule has 0 fully saturated rings. The Morgan fingerprint density at radius 3 is 2.71 bits per heavy atom. The summed E-state index contributed by atoms with van der Waals surface area (Å²) in [5.41, 5.74) is 1.55. The summed E-state index contributed by atoms with van der Waals surface area (Å²) in [6.45, 7) is 0.445. The fraction of sp³-hybridized carbons (Fsp3) is 0.455. The lowest BCUT2D eigenvalue weighted by Crippen LogP contribution is -2.18. The van der Waals surface area contributed by atoms with Crippen molar-refractivity contribution in [1.82, 2.24) is 0 Å². The molecule has 96 valence electrons. The second-order valence-corrected chi connectivity index (χ2v) is 5.96. The van der Waals surface area contributed by atoms with Gasteiger partial charge in [0.05, 0.1) is 11.4 Å². The van der Waals surface area contributed by atoms with Crippen LogP contribution in [0.4, 0.5) is 5.69 Å². The SMILES string of the molecule is COCCCS(=O)(=O)Nc1ccccc1CBr. The van der Waals surface area contributed by atoms with Crippen LogP contribution in [0.2, 0.25) is 0 Å². The van der Waals surface area contributed by atoms with E-state index in [9.17, 15) is 8.42 Å². The van der Waals surface area contributed by atoms with Gasteiger partial charge in [-0.1, -0.05) is 34.1 Å². The first-order chi connectivity index (χ1) is 8.09. The van der Waals surface area contributed by atoms with Gasteiger partial charge in [-0.05, 0) is 18.1 Å². The van der Waals surface area contributed by atoms with E-state index in [1.54, 1.807) is 19.2 Å². The number of benzene rings is 1. The monoisotopic (exact) mass is 321 g/mol. The van der Waals surface area contributed by atoms with Crippen LogP contribution < -0.4 is 4.72 Å². The highest BCUT2D eigenvalue weighted by Crippen LogP contribution is 2.19. The molecule has 0 saturated heterocycles. The molecule has 1 rings (SSSR count). The standard InChI is InChI=1S/C11H16BrNO3S/c1-16-7-4-8-17(14,15)13-11-6-3-2-5-10(11)9-12/h2-3,5-6,13H,4,7-9H2,1H3. The van der Waals surface area contributed by atoms with Gasteiger partial charge in [-0.3, -0.25) is 4.72 Å². The molecule has 0 unspecified atom stereocenters. The average molecular weight is 322 g/mol. The molecule has 0 aromatic heterocycles. The number of ether oxygens (including phenoxy) is 1. The minimum atomic E-state index is -3.29. The predicted octanol–water partition coefficient (Wildman–Crippen LogP) is 2.36. The summed E-state index contributed by atoms with van der Waals surface area (Å²) in [5, 5.41) is 0.615. The second kappa shape index (κ2) is 6.98. The Labute approximate surface area is 111 Å². The van der Waals surface area contributed by atoms with Crippen molar-refractivity contribution < 1.29 is 13.2 Å². The van der Waals surface area contributed by atoms with E-state index < -0.39 is 10.0 Å². The molecule has 4 nitrogen and oxygen atoms in total. The van der Waals surface area contributed by atoms with E-state index in [0.717, 1.165) is 5.56 Å². The molecule has 17 heavy (non-hydrogen) atoms. The highest BCUT2D eigenvalue weighted by molar-refractivity contribution is 9.08. The zero-order chi connectivity index (χ0) is 12.7. The number of rotatable bonds is 7. The second-order valence-electron chi connectivity index (χ2n) is 3.56. The number of alkyl halides is 1. The zero-order valence-corrected chi connectivity index (χ0v) is 12.1. The minimum Gasteiger partial charge on any atom is -0.385 e. The molecule has 0 amide bonds. The summed E-state index contributed by atoms with van der Waals surface area (Å²) in [5.74, 6) is 0.0669. The zero-order valence-electron chi connectivity index (χ0n) is 9.65. The van der Waals surface area contributed by atoms with Crippen LogP contribution in [0.1, 0.15) is 12.0 Å². The molecule has 0 spiro atoms. The van der Waals surface area contributed by atoms with Crippen LogP contribution in [0.5, 0.6) is 0 Å². The van der Waals surface area contributed by atoms with Crippen LogP contribution in [-0.2, 0) is 20.1 Å². The molecule has 6 heteroatoms. The lowest BCUT2D eigenvalue weighted by Gasteiger charge is -2.10. The lowest BCUT2D eigenvalue weighted by molar-refractivity contribution is 0.199. The Morgan fingerprint density at radius 1 is 1.35 bits per heavy atom. The smallest absolute Gasteiger partial charge is 0.232 e. The van der Waals surface area contributed by atoms with E-state index in [-0.39, 0.29) is 5.75 Å². The first kappa shape index (κ1) is 14.5. The maximum absolute atomic E-state index is 11.8. The number of para-hydroxylation sites is 1. The molecule has 0 saturated carbocycles. The van der Waals surface area contributed by atoms with E-state index in [0.29, 0.717) is 24.0 Å². The van der Waals surface area contributed by atoms with Gasteiger partial charge < -0.3 is 4.74 Å². The number of hydrogen-bond donors (Lipinski definition) is 1. The van der Waals surface area contributed by atoms with E-state index in [1.165, 1.54) is 0 Å². The normalized spacial score (nSPS) is 11.4. The van der Waals surface area contributed by atoms with Crippen LogP contribution >= 0.6 is 15.9 Å². The van der Waals surface area contributed by atoms with Crippen molar-refractivity contribution in [2.45, 2.75) is 11.8 Å². The molecular formula is C11H16BrNO3S. The van der Waals surface area contributed by atoms with Crippen molar-refractivity contribution in [3.05, 3.63) is 29.8 Å². The number of hydrogen-bond acceptors (Lipinski definition) is 3. The van der Waals surface area contributed by atoms with Crippen LogP contribution in [0.3, 0.4) is 0 Å². The third kappa shape index (κ3) is 5.06. The van der Waals surface area contributed by atoms with Crippen molar-refractivity contribution in [2.24, 2.45) is 0 Å². The molecule has 0 radical (unpaired) electrons. The van der Waals surface area contributed by atoms with Gasteiger partial charge in [0.1, 0.15) is 0 Å². The minimum absolute atomic E-state index is 0.0669. The Bertz CT molecular complexity index is 448. The maximum atomic E-state index is 11.8. The number of sulfonamides is 1. The summed E-state index contributed by atoms with van der Waals surface area (Å²) < 4.78 is 30.9. The first-order valence-corrected chi connectivity index (χ1v) is 7.99. The summed E-state index contributed by atoms with van der Waals surface area (Å²) in [6.07, 6.45) is 0.488. The molecule has 0 aliphatic carbocycles. The fourth-order valence-electron chi connectivity index (χ4n) is 1.35. The van der Waals surface area contributed by atoms with Gasteiger partial charge in [-0.2, -0.15) is 0 Å². The van der Waals surface area contributed by atoms with Crippen molar-refractivity contribution in [3.63, 3.8) is 0 Å². The Morgan fingerprint density at radius 2 is 2.06 bits per heavy atom. The van der Waals surface area contributed by atoms with Gasteiger partial charge >= 0.3 is 0 Å². The Kier molecular flexibility index (Phi) is 5.94. The highest BCUT2D eigenvalue weighted by atomic mass is 79.9. The quantitative estimate of drug-likeness (QED) is 0.619. The molecule has 0 aliphatic rings. The van der Waals surface area contributed by atoms with Gasteiger partial charge in [0.15, 0.2) is 0 Å². The van der Waals surface area contributed by atoms with Crippen LogP contribution in [0.15, 0.2) is 24.3 Å². The molecule has 1 aromatic rings. The lowest BCUT2D eigenvalue weighted by atomic mass is 10.2. The van der Waals surface area contributed by atoms with Crippen molar-refractivity contribution in [2.75, 3.05) is 24.2 Å². The number of halogens is 1. The molecular weight excluding hydrogens is 306 g/mol. The molecule has 1 N–H and O–H groups in total. The number of methoxy groups -OCH3 is 1. The van der Waals surface area contributed by atoms with Gasteiger partial charge in [-0.25, -0.2) is 8.42 Å². The summed E-state index contributed by atoms with van der Waals surface area (Å²) >= 11 is 3.32. The van der Waals surface area contributed by atoms with Crippen LogP contribution in [0, 0.1) is 0 Å². The third-order valence-electron chi connectivity index (χ3n) is 2.19. The van der Waals surface area contributed by atoms with Crippen LogP contribution in [0.25, 0.3) is 0 Å². The molecule has 0 atom stereocenters. The van der Waals surface area contributed by atoms with Crippen LogP contribution in [-0.4, -0.2) is 27.9 Å². The molecule has 0 heterocycles. The van der Waals surface area contributed by atoms with Gasteiger partial charge in [-0.15, -0.1) is 0 Å². The summed E-state index contributed by atoms with van der Waals surface area (Å²) in [6, 6.07) is 7.31. The van der Waals surface area contributed by atoms with Gasteiger partial charge in [0, 0.05) is 19.0 Å². The van der Waals surface area contributed by atoms with Crippen molar-refractivity contribution in [3.8, 4) is 0 Å². The molecule has 1 aromatic carbocycles. The van der Waals surface area contributed by atoms with Crippen molar-refractivity contribution >= 4 is 31.6 Å². The van der Waals surface area contributed by atoms with E-state index in [4.69, 9.17) is 4.74 Å². The fourth-order valence-corrected chi connectivity index (χ4v) is 2.97. The first-order valence-electron chi connectivity index (χ1n) is 5.22. The van der Waals surface area contributed by atoms with Gasteiger partial charge in [0.2, 0.25) is 10.0 Å². The van der Waals surface area contributed by atoms with Gasteiger partial charge in [0.25, 0.3) is 0 Å². The number of anilines is 1. The Balaban J connectivity index is 2.69. The van der Waals surface area contributed by atoms with E-state index in [2.05, 4.69) is 20.7 Å². The number of nitrogens with one attached hydrogen (secondary N) is 1. The van der Waals surface area contributed by atoms with Crippen molar-refractivity contribution in [1.29, 1.82) is 0 Å². The molecule has 0 bridgehead atoms. The third-order valence-corrected chi connectivity index (χ3v) is 4.15. The molecule has 0 aliphatic heterocycles. The van der Waals surface area contributed by atoms with E-state index in [1.807, 2.05) is 12.1 Å². The maximum Gasteiger partial charge on any atom is 0.232 e. The predicted molar refractivity (Wildman–Crippen MR) is 73.0 cm³/mol. The Hall–Kier alpha value is -0.590. The van der Waals surface area contributed by atoms with E-state index >= 15 is 0 Å². The summed E-state index contributed by atoms with van der Waals surface area (Å²) in [4.78, 5) is 0. The largest absolute Gasteiger partial charge is 0.385 e. The summed E-state index contributed by atoms with van der Waals surface area (Å²) in [7, 11) is -1.73.